The zero-order chi connectivity index (χ0) is 12.4. The van der Waals surface area contributed by atoms with Gasteiger partial charge in [-0.1, -0.05) is 37.4 Å². The van der Waals surface area contributed by atoms with Crippen LogP contribution >= 0.6 is 11.6 Å². The molecule has 0 amide bonds. The summed E-state index contributed by atoms with van der Waals surface area (Å²) in [5, 5.41) is 11.0. The van der Waals surface area contributed by atoms with Crippen LogP contribution in [0.2, 0.25) is 5.02 Å². The van der Waals surface area contributed by atoms with Crippen molar-refractivity contribution >= 4 is 17.3 Å². The van der Waals surface area contributed by atoms with Crippen molar-refractivity contribution in [2.24, 2.45) is 11.8 Å². The van der Waals surface area contributed by atoms with Crippen LogP contribution in [0.3, 0.4) is 0 Å². The fraction of sp³-hybridized carbons (Fsp3) is 0.571. The molecule has 0 aliphatic heterocycles. The predicted octanol–water partition coefficient (Wildman–Crippen LogP) is 3.78. The van der Waals surface area contributed by atoms with Crippen molar-refractivity contribution in [3.8, 4) is 0 Å². The number of benzene rings is 1. The van der Waals surface area contributed by atoms with Crippen LogP contribution in [0.15, 0.2) is 18.2 Å². The monoisotopic (exact) mass is 253 g/mol. The van der Waals surface area contributed by atoms with Crippen LogP contribution in [0.4, 0.5) is 5.69 Å². The van der Waals surface area contributed by atoms with Gasteiger partial charge in [-0.3, -0.25) is 0 Å². The van der Waals surface area contributed by atoms with Crippen LogP contribution in [-0.2, 0) is 0 Å². The van der Waals surface area contributed by atoms with Gasteiger partial charge in [0.1, 0.15) is 0 Å². The number of hydrogen-bond donors (Lipinski definition) is 2. The molecule has 3 heteroatoms. The SMILES string of the molecule is CC1CCC(C(O)c2ccc(Cl)cc2N)CC1. The van der Waals surface area contributed by atoms with E-state index in [4.69, 9.17) is 17.3 Å². The number of nitrogen functional groups attached to an aromatic ring is 1. The highest BCUT2D eigenvalue weighted by molar-refractivity contribution is 6.30. The quantitative estimate of drug-likeness (QED) is 0.788. The van der Waals surface area contributed by atoms with E-state index in [1.165, 1.54) is 12.8 Å². The van der Waals surface area contributed by atoms with Crippen molar-refractivity contribution in [3.05, 3.63) is 28.8 Å². The minimum Gasteiger partial charge on any atom is -0.398 e. The minimum atomic E-state index is -0.445. The largest absolute Gasteiger partial charge is 0.398 e. The molecule has 3 N–H and O–H groups in total. The van der Waals surface area contributed by atoms with Crippen LogP contribution < -0.4 is 5.73 Å². The van der Waals surface area contributed by atoms with E-state index in [0.29, 0.717) is 16.6 Å². The molecular weight excluding hydrogens is 234 g/mol. The topological polar surface area (TPSA) is 46.2 Å². The highest BCUT2D eigenvalue weighted by Gasteiger charge is 2.26. The van der Waals surface area contributed by atoms with E-state index >= 15 is 0 Å². The Bertz CT molecular complexity index is 386. The molecular formula is C14H20ClNO. The molecule has 2 nitrogen and oxygen atoms in total. The van der Waals surface area contributed by atoms with Gasteiger partial charge in [0, 0.05) is 16.3 Å². The summed E-state index contributed by atoms with van der Waals surface area (Å²) in [5.41, 5.74) is 7.34. The number of halogens is 1. The molecule has 2 rings (SSSR count). The Labute approximate surface area is 108 Å². The Kier molecular flexibility index (Phi) is 3.95. The second-order valence-electron chi connectivity index (χ2n) is 5.24. The van der Waals surface area contributed by atoms with Crippen molar-refractivity contribution in [2.75, 3.05) is 5.73 Å². The van der Waals surface area contributed by atoms with E-state index < -0.39 is 6.10 Å². The van der Waals surface area contributed by atoms with Crippen molar-refractivity contribution in [1.82, 2.24) is 0 Å². The van der Waals surface area contributed by atoms with Gasteiger partial charge in [-0.15, -0.1) is 0 Å². The normalized spacial score (nSPS) is 26.8. The zero-order valence-corrected chi connectivity index (χ0v) is 11.0. The van der Waals surface area contributed by atoms with Crippen molar-refractivity contribution in [3.63, 3.8) is 0 Å². The van der Waals surface area contributed by atoms with Crippen molar-refractivity contribution < 1.29 is 5.11 Å². The fourth-order valence-electron chi connectivity index (χ4n) is 2.67. The molecule has 1 fully saturated rings. The fourth-order valence-corrected chi connectivity index (χ4v) is 2.85. The maximum Gasteiger partial charge on any atom is 0.0838 e. The molecule has 17 heavy (non-hydrogen) atoms. The van der Waals surface area contributed by atoms with Gasteiger partial charge in [0.2, 0.25) is 0 Å². The lowest BCUT2D eigenvalue weighted by atomic mass is 9.78. The maximum atomic E-state index is 10.4. The van der Waals surface area contributed by atoms with Gasteiger partial charge in [-0.25, -0.2) is 0 Å². The van der Waals surface area contributed by atoms with Crippen LogP contribution in [0.5, 0.6) is 0 Å². The first-order chi connectivity index (χ1) is 8.08. The van der Waals surface area contributed by atoms with E-state index in [0.717, 1.165) is 24.3 Å². The molecule has 94 valence electrons. The third-order valence-electron chi connectivity index (χ3n) is 3.87. The second kappa shape index (κ2) is 5.28. The summed E-state index contributed by atoms with van der Waals surface area (Å²) in [4.78, 5) is 0. The summed E-state index contributed by atoms with van der Waals surface area (Å²) in [7, 11) is 0. The Morgan fingerprint density at radius 1 is 1.29 bits per heavy atom. The van der Waals surface area contributed by atoms with Crippen LogP contribution in [-0.4, -0.2) is 5.11 Å². The Morgan fingerprint density at radius 2 is 1.94 bits per heavy atom. The number of nitrogens with two attached hydrogens (primary N) is 1. The molecule has 1 atom stereocenters. The highest BCUT2D eigenvalue weighted by Crippen LogP contribution is 2.38. The number of rotatable bonds is 2. The van der Waals surface area contributed by atoms with Crippen LogP contribution in [0.1, 0.15) is 44.3 Å². The van der Waals surface area contributed by atoms with E-state index in [2.05, 4.69) is 6.92 Å². The lowest BCUT2D eigenvalue weighted by Gasteiger charge is -2.30. The molecule has 0 radical (unpaired) electrons. The average Bonchev–Trinajstić information content (AvgIpc) is 2.29. The van der Waals surface area contributed by atoms with Gasteiger partial charge in [-0.05, 0) is 36.8 Å². The van der Waals surface area contributed by atoms with Crippen LogP contribution in [0, 0.1) is 11.8 Å². The molecule has 1 saturated carbocycles. The maximum absolute atomic E-state index is 10.4. The molecule has 0 spiro atoms. The second-order valence-corrected chi connectivity index (χ2v) is 5.67. The van der Waals surface area contributed by atoms with Gasteiger partial charge in [0.15, 0.2) is 0 Å². The molecule has 0 aromatic heterocycles. The molecule has 1 aliphatic rings. The van der Waals surface area contributed by atoms with E-state index in [9.17, 15) is 5.11 Å². The standard InChI is InChI=1S/C14H20ClNO/c1-9-2-4-10(5-3-9)14(17)12-7-6-11(15)8-13(12)16/h6-10,14,17H,2-5,16H2,1H3. The number of hydrogen-bond acceptors (Lipinski definition) is 2. The summed E-state index contributed by atoms with van der Waals surface area (Å²) < 4.78 is 0. The average molecular weight is 254 g/mol. The summed E-state index contributed by atoms with van der Waals surface area (Å²) in [6, 6.07) is 5.36. The molecule has 1 aromatic rings. The van der Waals surface area contributed by atoms with E-state index in [1.807, 2.05) is 6.07 Å². The number of aliphatic hydroxyl groups excluding tert-OH is 1. The van der Waals surface area contributed by atoms with Crippen LogP contribution in [0.25, 0.3) is 0 Å². The van der Waals surface area contributed by atoms with Gasteiger partial charge in [0.05, 0.1) is 6.10 Å². The summed E-state index contributed by atoms with van der Waals surface area (Å²) in [5.74, 6) is 1.13. The van der Waals surface area contributed by atoms with Gasteiger partial charge < -0.3 is 10.8 Å². The first-order valence-corrected chi connectivity index (χ1v) is 6.68. The summed E-state index contributed by atoms with van der Waals surface area (Å²) in [6.45, 7) is 2.28. The van der Waals surface area contributed by atoms with Gasteiger partial charge >= 0.3 is 0 Å². The predicted molar refractivity (Wildman–Crippen MR) is 71.9 cm³/mol. The first kappa shape index (κ1) is 12.7. The molecule has 0 heterocycles. The number of aliphatic hydroxyl groups is 1. The van der Waals surface area contributed by atoms with E-state index in [1.54, 1.807) is 12.1 Å². The molecule has 0 bridgehead atoms. The number of anilines is 1. The van der Waals surface area contributed by atoms with Crippen molar-refractivity contribution in [1.29, 1.82) is 0 Å². The Morgan fingerprint density at radius 3 is 2.53 bits per heavy atom. The Balaban J connectivity index is 2.11. The molecule has 1 aromatic carbocycles. The Hall–Kier alpha value is -0.730. The molecule has 0 saturated heterocycles. The summed E-state index contributed by atoms with van der Waals surface area (Å²) >= 11 is 5.86. The zero-order valence-electron chi connectivity index (χ0n) is 10.2. The molecule has 1 aliphatic carbocycles. The first-order valence-electron chi connectivity index (χ1n) is 6.31. The lowest BCUT2D eigenvalue weighted by Crippen LogP contribution is -2.20. The van der Waals surface area contributed by atoms with Crippen molar-refractivity contribution in [2.45, 2.75) is 38.7 Å². The smallest absolute Gasteiger partial charge is 0.0838 e. The van der Waals surface area contributed by atoms with E-state index in [-0.39, 0.29) is 0 Å². The third-order valence-corrected chi connectivity index (χ3v) is 4.11. The van der Waals surface area contributed by atoms with Gasteiger partial charge in [-0.2, -0.15) is 0 Å². The lowest BCUT2D eigenvalue weighted by molar-refractivity contribution is 0.0761. The summed E-state index contributed by atoms with van der Waals surface area (Å²) in [6.07, 6.45) is 4.14. The van der Waals surface area contributed by atoms with Gasteiger partial charge in [0.25, 0.3) is 0 Å². The third kappa shape index (κ3) is 2.93. The highest BCUT2D eigenvalue weighted by atomic mass is 35.5. The minimum absolute atomic E-state index is 0.342. The molecule has 1 unspecified atom stereocenters.